The molecule has 0 N–H and O–H groups in total. The van der Waals surface area contributed by atoms with Crippen LogP contribution in [0, 0.1) is 12.7 Å². The van der Waals surface area contributed by atoms with Crippen LogP contribution < -0.4 is 14.4 Å². The Hall–Kier alpha value is -2.60. The predicted molar refractivity (Wildman–Crippen MR) is 104 cm³/mol. The second kappa shape index (κ2) is 5.95. The number of ether oxygens (including phenoxy) is 3. The molecule has 0 aromatic heterocycles. The van der Waals surface area contributed by atoms with E-state index in [4.69, 9.17) is 14.2 Å². The standard InChI is InChI=1S/C23H22FNO4/c1-13-4-5-17(24)20-21(13)25(11-15-3-2-7-27-15)22(26)23(20)12-29-19-10-18-14(6-8-28-18)9-16(19)23/h4-5,9-10,15H,2-3,6-8,11-12H2,1H3. The van der Waals surface area contributed by atoms with Gasteiger partial charge in [0.15, 0.2) is 0 Å². The van der Waals surface area contributed by atoms with Gasteiger partial charge in [0.25, 0.3) is 0 Å². The molecule has 6 rings (SSSR count). The van der Waals surface area contributed by atoms with Crippen molar-refractivity contribution >= 4 is 11.6 Å². The lowest BCUT2D eigenvalue weighted by atomic mass is 9.76. The van der Waals surface area contributed by atoms with E-state index >= 15 is 4.39 Å². The summed E-state index contributed by atoms with van der Waals surface area (Å²) in [5, 5.41) is 0. The number of fused-ring (bicyclic) bond motifs is 5. The molecule has 6 heteroatoms. The number of halogens is 1. The van der Waals surface area contributed by atoms with Gasteiger partial charge in [-0.3, -0.25) is 4.79 Å². The molecule has 2 aromatic carbocycles. The first kappa shape index (κ1) is 17.3. The van der Waals surface area contributed by atoms with Crippen molar-refractivity contribution < 1.29 is 23.4 Å². The molecule has 150 valence electrons. The molecule has 4 aliphatic rings. The first-order valence-electron chi connectivity index (χ1n) is 10.3. The Kier molecular flexibility index (Phi) is 3.55. The van der Waals surface area contributed by atoms with Crippen LogP contribution in [0.1, 0.15) is 35.1 Å². The third-order valence-electron chi connectivity index (χ3n) is 6.74. The van der Waals surface area contributed by atoms with Gasteiger partial charge < -0.3 is 19.1 Å². The highest BCUT2D eigenvalue weighted by Crippen LogP contribution is 2.55. The zero-order chi connectivity index (χ0) is 19.8. The Morgan fingerprint density at radius 3 is 2.93 bits per heavy atom. The minimum Gasteiger partial charge on any atom is -0.493 e. The van der Waals surface area contributed by atoms with Crippen molar-refractivity contribution in [1.82, 2.24) is 0 Å². The van der Waals surface area contributed by atoms with E-state index in [0.29, 0.717) is 36.8 Å². The summed E-state index contributed by atoms with van der Waals surface area (Å²) in [5.74, 6) is 0.938. The van der Waals surface area contributed by atoms with Crippen LogP contribution in [0.2, 0.25) is 0 Å². The van der Waals surface area contributed by atoms with E-state index in [-0.39, 0.29) is 24.4 Å². The second-order valence-electron chi connectivity index (χ2n) is 8.39. The van der Waals surface area contributed by atoms with Crippen LogP contribution >= 0.6 is 0 Å². The highest BCUT2D eigenvalue weighted by atomic mass is 19.1. The fourth-order valence-electron chi connectivity index (χ4n) is 5.34. The van der Waals surface area contributed by atoms with E-state index in [1.807, 2.05) is 19.1 Å². The summed E-state index contributed by atoms with van der Waals surface area (Å²) in [4.78, 5) is 15.7. The van der Waals surface area contributed by atoms with Crippen molar-refractivity contribution in [2.24, 2.45) is 0 Å². The number of anilines is 1. The number of hydrogen-bond donors (Lipinski definition) is 0. The molecule has 1 amide bonds. The molecule has 0 bridgehead atoms. The maximum atomic E-state index is 15.3. The highest BCUT2D eigenvalue weighted by molar-refractivity contribution is 6.12. The molecule has 29 heavy (non-hydrogen) atoms. The number of nitrogens with zero attached hydrogens (tertiary/aromatic N) is 1. The molecular weight excluding hydrogens is 373 g/mol. The summed E-state index contributed by atoms with van der Waals surface area (Å²) in [5.41, 5.74) is 2.68. The van der Waals surface area contributed by atoms with Gasteiger partial charge in [-0.2, -0.15) is 0 Å². The summed E-state index contributed by atoms with van der Waals surface area (Å²) in [6, 6.07) is 7.06. The first-order chi connectivity index (χ1) is 14.1. The van der Waals surface area contributed by atoms with Gasteiger partial charge in [0, 0.05) is 30.2 Å². The van der Waals surface area contributed by atoms with E-state index < -0.39 is 5.41 Å². The molecule has 5 nitrogen and oxygen atoms in total. The van der Waals surface area contributed by atoms with Crippen molar-refractivity contribution in [3.05, 3.63) is 52.3 Å². The van der Waals surface area contributed by atoms with E-state index in [9.17, 15) is 4.79 Å². The average molecular weight is 395 g/mol. The number of amides is 1. The molecule has 2 atom stereocenters. The predicted octanol–water partition coefficient (Wildman–Crippen LogP) is 3.27. The smallest absolute Gasteiger partial charge is 0.246 e. The molecule has 2 unspecified atom stereocenters. The zero-order valence-corrected chi connectivity index (χ0v) is 16.3. The SMILES string of the molecule is Cc1ccc(F)c2c1N(CC1CCCO1)C(=O)C21COc2cc3c(cc21)CCO3. The molecule has 4 heterocycles. The van der Waals surface area contributed by atoms with Crippen molar-refractivity contribution in [2.75, 3.05) is 31.3 Å². The van der Waals surface area contributed by atoms with Crippen LogP contribution in [-0.2, 0) is 21.4 Å². The minimum absolute atomic E-state index is 0.0140. The fourth-order valence-corrected chi connectivity index (χ4v) is 5.34. The van der Waals surface area contributed by atoms with Gasteiger partial charge in [0.2, 0.25) is 5.91 Å². The van der Waals surface area contributed by atoms with Crippen LogP contribution in [-0.4, -0.2) is 38.4 Å². The van der Waals surface area contributed by atoms with Gasteiger partial charge in [-0.1, -0.05) is 6.07 Å². The molecule has 1 saturated heterocycles. The van der Waals surface area contributed by atoms with E-state index in [0.717, 1.165) is 41.7 Å². The minimum atomic E-state index is -1.14. The summed E-state index contributed by atoms with van der Waals surface area (Å²) in [6.45, 7) is 3.82. The largest absolute Gasteiger partial charge is 0.493 e. The number of carbonyl (C=O) groups excluding carboxylic acids is 1. The molecule has 1 spiro atoms. The number of carbonyl (C=O) groups is 1. The number of benzene rings is 2. The van der Waals surface area contributed by atoms with Crippen LogP contribution in [0.25, 0.3) is 0 Å². The van der Waals surface area contributed by atoms with Gasteiger partial charge in [-0.05, 0) is 43.0 Å². The van der Waals surface area contributed by atoms with E-state index in [2.05, 4.69) is 0 Å². The lowest BCUT2D eigenvalue weighted by Crippen LogP contribution is -2.45. The van der Waals surface area contributed by atoms with Crippen LogP contribution in [0.4, 0.5) is 10.1 Å². The summed E-state index contributed by atoms with van der Waals surface area (Å²) in [7, 11) is 0. The number of hydrogen-bond acceptors (Lipinski definition) is 4. The monoisotopic (exact) mass is 395 g/mol. The maximum absolute atomic E-state index is 15.3. The van der Waals surface area contributed by atoms with Crippen molar-refractivity contribution in [3.8, 4) is 11.5 Å². The van der Waals surface area contributed by atoms with Gasteiger partial charge in [-0.15, -0.1) is 0 Å². The normalized spacial score (nSPS) is 26.5. The third kappa shape index (κ3) is 2.21. The van der Waals surface area contributed by atoms with Crippen molar-refractivity contribution in [1.29, 1.82) is 0 Å². The summed E-state index contributed by atoms with van der Waals surface area (Å²) < 4.78 is 32.7. The average Bonchev–Trinajstić information content (AvgIpc) is 3.48. The van der Waals surface area contributed by atoms with Gasteiger partial charge in [0.1, 0.15) is 29.3 Å². The van der Waals surface area contributed by atoms with Gasteiger partial charge in [-0.25, -0.2) is 4.39 Å². The Morgan fingerprint density at radius 2 is 2.10 bits per heavy atom. The molecule has 2 aromatic rings. The lowest BCUT2D eigenvalue weighted by Gasteiger charge is -2.25. The summed E-state index contributed by atoms with van der Waals surface area (Å²) in [6.07, 6.45) is 2.68. The molecule has 1 fully saturated rings. The molecular formula is C23H22FNO4. The van der Waals surface area contributed by atoms with Gasteiger partial charge >= 0.3 is 0 Å². The highest BCUT2D eigenvalue weighted by Gasteiger charge is 2.59. The quantitative estimate of drug-likeness (QED) is 0.783. The fraction of sp³-hybridized carbons (Fsp3) is 0.435. The Balaban J connectivity index is 1.56. The third-order valence-corrected chi connectivity index (χ3v) is 6.74. The van der Waals surface area contributed by atoms with Crippen molar-refractivity contribution in [3.63, 3.8) is 0 Å². The molecule has 0 radical (unpaired) electrons. The van der Waals surface area contributed by atoms with Gasteiger partial charge in [0.05, 0.1) is 24.9 Å². The first-order valence-corrected chi connectivity index (χ1v) is 10.3. The molecule has 0 saturated carbocycles. The number of rotatable bonds is 2. The second-order valence-corrected chi connectivity index (χ2v) is 8.39. The van der Waals surface area contributed by atoms with Crippen LogP contribution in [0.15, 0.2) is 24.3 Å². The number of aryl methyl sites for hydroxylation is 1. The summed E-state index contributed by atoms with van der Waals surface area (Å²) >= 11 is 0. The van der Waals surface area contributed by atoms with Crippen molar-refractivity contribution in [2.45, 2.75) is 37.7 Å². The van der Waals surface area contributed by atoms with Crippen LogP contribution in [0.3, 0.4) is 0 Å². The lowest BCUT2D eigenvalue weighted by molar-refractivity contribution is -0.122. The Labute approximate surface area is 168 Å². The molecule has 0 aliphatic carbocycles. The topological polar surface area (TPSA) is 48.0 Å². The van der Waals surface area contributed by atoms with E-state index in [1.54, 1.807) is 11.0 Å². The Bertz CT molecular complexity index is 1050. The molecule has 4 aliphatic heterocycles. The Morgan fingerprint density at radius 1 is 1.21 bits per heavy atom. The van der Waals surface area contributed by atoms with Crippen LogP contribution in [0.5, 0.6) is 11.5 Å². The maximum Gasteiger partial charge on any atom is 0.246 e. The zero-order valence-electron chi connectivity index (χ0n) is 16.3. The van der Waals surface area contributed by atoms with E-state index in [1.165, 1.54) is 6.07 Å².